The van der Waals surface area contributed by atoms with E-state index in [0.29, 0.717) is 12.6 Å². The Morgan fingerprint density at radius 1 is 1.44 bits per heavy atom. The van der Waals surface area contributed by atoms with Crippen LogP contribution in [0.4, 0.5) is 0 Å². The van der Waals surface area contributed by atoms with Crippen molar-refractivity contribution in [2.45, 2.75) is 32.4 Å². The van der Waals surface area contributed by atoms with E-state index >= 15 is 0 Å². The van der Waals surface area contributed by atoms with Gasteiger partial charge in [0.15, 0.2) is 0 Å². The number of hydrogen-bond acceptors (Lipinski definition) is 3. The summed E-state index contributed by atoms with van der Waals surface area (Å²) in [6, 6.07) is 6.28. The van der Waals surface area contributed by atoms with Crippen molar-refractivity contribution in [1.29, 1.82) is 0 Å². The van der Waals surface area contributed by atoms with Gasteiger partial charge in [-0.2, -0.15) is 5.10 Å². The third-order valence-electron chi connectivity index (χ3n) is 3.44. The number of benzene rings is 1. The average Bonchev–Trinajstić information content (AvgIpc) is 3.14. The van der Waals surface area contributed by atoms with E-state index in [-0.39, 0.29) is 5.69 Å². The van der Waals surface area contributed by atoms with E-state index in [2.05, 4.69) is 5.10 Å². The van der Waals surface area contributed by atoms with E-state index in [1.807, 2.05) is 34.3 Å². The van der Waals surface area contributed by atoms with Gasteiger partial charge in [-0.15, -0.1) is 0 Å². The molecule has 5 nitrogen and oxygen atoms in total. The maximum atomic E-state index is 12.3. The minimum absolute atomic E-state index is 0.0943. The monoisotopic (exact) mass is 244 g/mol. The van der Waals surface area contributed by atoms with Gasteiger partial charge in [0.2, 0.25) is 0 Å². The lowest BCUT2D eigenvalue weighted by molar-refractivity contribution is 0.660. The number of aromatic nitrogens is 2. The number of rotatable bonds is 3. The summed E-state index contributed by atoms with van der Waals surface area (Å²) < 4.78 is 3.73. The molecule has 0 bridgehead atoms. The first-order valence-electron chi connectivity index (χ1n) is 6.24. The van der Waals surface area contributed by atoms with Gasteiger partial charge in [-0.05, 0) is 37.5 Å². The fraction of sp³-hybridized carbons (Fsp3) is 0.385. The maximum absolute atomic E-state index is 12.3. The quantitative estimate of drug-likeness (QED) is 0.504. The van der Waals surface area contributed by atoms with E-state index in [4.69, 9.17) is 5.84 Å². The van der Waals surface area contributed by atoms with Crippen LogP contribution in [-0.4, -0.2) is 15.3 Å². The van der Waals surface area contributed by atoms with Crippen molar-refractivity contribution in [3.05, 3.63) is 34.2 Å². The average molecular weight is 244 g/mol. The molecule has 0 amide bonds. The van der Waals surface area contributed by atoms with Crippen LogP contribution in [0.25, 0.3) is 11.0 Å². The molecule has 1 aromatic carbocycles. The molecular formula is C13H16N4O. The fourth-order valence-electron chi connectivity index (χ4n) is 2.45. The van der Waals surface area contributed by atoms with Crippen molar-refractivity contribution >= 4 is 17.2 Å². The smallest absolute Gasteiger partial charge is 0.323 e. The highest BCUT2D eigenvalue weighted by Crippen LogP contribution is 2.36. The fourth-order valence-corrected chi connectivity index (χ4v) is 2.45. The summed E-state index contributed by atoms with van der Waals surface area (Å²) in [5.74, 6) is 5.16. The topological polar surface area (TPSA) is 65.3 Å². The third kappa shape index (κ3) is 1.54. The Labute approximate surface area is 105 Å². The third-order valence-corrected chi connectivity index (χ3v) is 3.44. The highest BCUT2D eigenvalue weighted by Gasteiger charge is 2.28. The van der Waals surface area contributed by atoms with Crippen LogP contribution in [0.15, 0.2) is 28.1 Å². The first-order chi connectivity index (χ1) is 8.76. The molecule has 2 aromatic rings. The van der Waals surface area contributed by atoms with E-state index in [1.165, 1.54) is 0 Å². The second-order valence-electron chi connectivity index (χ2n) is 4.65. The second-order valence-corrected chi connectivity index (χ2v) is 4.65. The van der Waals surface area contributed by atoms with Gasteiger partial charge in [0.1, 0.15) is 0 Å². The molecule has 1 aliphatic rings. The number of fused-ring (bicyclic) bond motifs is 1. The standard InChI is InChI=1S/C13H16N4O/c1-2-16-12-7-9(8-15-14)3-6-11(12)17(13(16)18)10-4-5-10/h3,6-8,10H,2,4-5,14H2,1H3. The zero-order chi connectivity index (χ0) is 12.7. The molecule has 18 heavy (non-hydrogen) atoms. The van der Waals surface area contributed by atoms with Crippen LogP contribution in [0.1, 0.15) is 31.4 Å². The van der Waals surface area contributed by atoms with Gasteiger partial charge in [0, 0.05) is 12.6 Å². The van der Waals surface area contributed by atoms with Crippen LogP contribution in [0.3, 0.4) is 0 Å². The Bertz CT molecular complexity index is 676. The van der Waals surface area contributed by atoms with Crippen LogP contribution in [0, 0.1) is 0 Å². The first kappa shape index (κ1) is 11.1. The lowest BCUT2D eigenvalue weighted by Gasteiger charge is -2.00. The summed E-state index contributed by atoms with van der Waals surface area (Å²) in [6.45, 7) is 2.67. The Morgan fingerprint density at radius 2 is 2.22 bits per heavy atom. The van der Waals surface area contributed by atoms with Crippen LogP contribution < -0.4 is 11.5 Å². The van der Waals surface area contributed by atoms with Gasteiger partial charge >= 0.3 is 5.69 Å². The summed E-state index contributed by atoms with van der Waals surface area (Å²) >= 11 is 0. The molecule has 1 fully saturated rings. The number of aryl methyl sites for hydroxylation is 1. The largest absolute Gasteiger partial charge is 0.329 e. The molecule has 3 rings (SSSR count). The number of nitrogens with zero attached hydrogens (tertiary/aromatic N) is 3. The van der Waals surface area contributed by atoms with Gasteiger partial charge in [-0.3, -0.25) is 9.13 Å². The Hall–Kier alpha value is -2.04. The highest BCUT2D eigenvalue weighted by molar-refractivity contribution is 5.87. The van der Waals surface area contributed by atoms with Gasteiger partial charge in [-0.1, -0.05) is 6.07 Å². The second kappa shape index (κ2) is 4.01. The van der Waals surface area contributed by atoms with Gasteiger partial charge in [-0.25, -0.2) is 4.79 Å². The van der Waals surface area contributed by atoms with Crippen LogP contribution >= 0.6 is 0 Å². The molecule has 1 heterocycles. The molecule has 0 saturated heterocycles. The summed E-state index contributed by atoms with van der Waals surface area (Å²) in [5.41, 5.74) is 2.99. The number of imidazole rings is 1. The maximum Gasteiger partial charge on any atom is 0.329 e. The lowest BCUT2D eigenvalue weighted by atomic mass is 10.2. The molecule has 0 aliphatic heterocycles. The zero-order valence-electron chi connectivity index (χ0n) is 10.3. The lowest BCUT2D eigenvalue weighted by Crippen LogP contribution is -2.23. The molecule has 0 spiro atoms. The highest BCUT2D eigenvalue weighted by atomic mass is 16.1. The van der Waals surface area contributed by atoms with E-state index in [1.54, 1.807) is 6.21 Å². The number of hydrazone groups is 1. The van der Waals surface area contributed by atoms with Crippen molar-refractivity contribution in [2.24, 2.45) is 10.9 Å². The van der Waals surface area contributed by atoms with Gasteiger partial charge < -0.3 is 5.84 Å². The summed E-state index contributed by atoms with van der Waals surface area (Å²) in [6.07, 6.45) is 3.81. The minimum atomic E-state index is 0.0943. The number of hydrogen-bond donors (Lipinski definition) is 1. The van der Waals surface area contributed by atoms with Crippen molar-refractivity contribution in [1.82, 2.24) is 9.13 Å². The summed E-state index contributed by atoms with van der Waals surface area (Å²) in [5, 5.41) is 3.53. The minimum Gasteiger partial charge on any atom is -0.323 e. The van der Waals surface area contributed by atoms with E-state index in [0.717, 1.165) is 29.4 Å². The van der Waals surface area contributed by atoms with Gasteiger partial charge in [0.25, 0.3) is 0 Å². The molecule has 1 saturated carbocycles. The Balaban J connectivity index is 2.31. The predicted octanol–water partition coefficient (Wildman–Crippen LogP) is 1.45. The Kier molecular flexibility index (Phi) is 2.47. The van der Waals surface area contributed by atoms with Crippen molar-refractivity contribution < 1.29 is 0 Å². The summed E-state index contributed by atoms with van der Waals surface area (Å²) in [7, 11) is 0. The molecular weight excluding hydrogens is 228 g/mol. The molecule has 5 heteroatoms. The molecule has 2 N–H and O–H groups in total. The van der Waals surface area contributed by atoms with Crippen LogP contribution in [0.5, 0.6) is 0 Å². The molecule has 1 aromatic heterocycles. The first-order valence-corrected chi connectivity index (χ1v) is 6.24. The predicted molar refractivity (Wildman–Crippen MR) is 71.9 cm³/mol. The molecule has 1 aliphatic carbocycles. The van der Waals surface area contributed by atoms with Crippen molar-refractivity contribution in [2.75, 3.05) is 0 Å². The molecule has 0 unspecified atom stereocenters. The molecule has 0 atom stereocenters. The van der Waals surface area contributed by atoms with Crippen molar-refractivity contribution in [3.63, 3.8) is 0 Å². The normalized spacial score (nSPS) is 15.8. The Morgan fingerprint density at radius 3 is 2.83 bits per heavy atom. The molecule has 94 valence electrons. The van der Waals surface area contributed by atoms with Crippen molar-refractivity contribution in [3.8, 4) is 0 Å². The van der Waals surface area contributed by atoms with Gasteiger partial charge in [0.05, 0.1) is 17.2 Å². The SMILES string of the molecule is CCn1c(=O)n(C2CC2)c2ccc(C=NN)cc21. The zero-order valence-corrected chi connectivity index (χ0v) is 10.3. The van der Waals surface area contributed by atoms with Crippen LogP contribution in [0.2, 0.25) is 0 Å². The number of nitrogens with two attached hydrogens (primary N) is 1. The summed E-state index contributed by atoms with van der Waals surface area (Å²) in [4.78, 5) is 12.3. The van der Waals surface area contributed by atoms with E-state index < -0.39 is 0 Å². The van der Waals surface area contributed by atoms with E-state index in [9.17, 15) is 4.79 Å². The molecule has 0 radical (unpaired) electrons. The van der Waals surface area contributed by atoms with Crippen LogP contribution in [-0.2, 0) is 6.54 Å².